The molecule has 0 unspecified atom stereocenters. The Labute approximate surface area is 239 Å². The summed E-state index contributed by atoms with van der Waals surface area (Å²) >= 11 is 1.70. The van der Waals surface area contributed by atoms with E-state index in [4.69, 9.17) is 19.4 Å². The number of morpholine rings is 1. The first-order chi connectivity index (χ1) is 19.7. The summed E-state index contributed by atoms with van der Waals surface area (Å²) < 4.78 is 11.5. The molecule has 0 spiro atoms. The highest BCUT2D eigenvalue weighted by Crippen LogP contribution is 2.33. The number of aryl methyl sites for hydroxylation is 1. The molecule has 0 aliphatic carbocycles. The lowest BCUT2D eigenvalue weighted by molar-refractivity contribution is 0.0317. The summed E-state index contributed by atoms with van der Waals surface area (Å²) in [6, 6.07) is 20.8. The predicted octanol–water partition coefficient (Wildman–Crippen LogP) is 4.59. The fourth-order valence-corrected chi connectivity index (χ4v) is 6.20. The van der Waals surface area contributed by atoms with Crippen molar-refractivity contribution in [1.82, 2.24) is 19.8 Å². The number of carbonyl (C=O) groups is 1. The van der Waals surface area contributed by atoms with Crippen LogP contribution in [0.5, 0.6) is 6.01 Å². The average molecular weight is 558 g/mol. The smallest absolute Gasteiger partial charge is 0.319 e. The summed E-state index contributed by atoms with van der Waals surface area (Å²) in [4.78, 5) is 31.7. The number of thiophene rings is 1. The van der Waals surface area contributed by atoms with Gasteiger partial charge in [0.05, 0.1) is 18.6 Å². The van der Waals surface area contributed by atoms with Crippen molar-refractivity contribution in [2.45, 2.75) is 13.3 Å². The van der Waals surface area contributed by atoms with Crippen molar-refractivity contribution in [2.24, 2.45) is 0 Å². The molecule has 2 aliphatic rings. The van der Waals surface area contributed by atoms with Crippen molar-refractivity contribution in [3.63, 3.8) is 0 Å². The van der Waals surface area contributed by atoms with Gasteiger partial charge in [-0.2, -0.15) is 9.97 Å². The van der Waals surface area contributed by atoms with Crippen LogP contribution in [0.25, 0.3) is 21.3 Å². The van der Waals surface area contributed by atoms with Crippen LogP contribution in [0.1, 0.15) is 22.2 Å². The Morgan fingerprint density at radius 2 is 1.65 bits per heavy atom. The van der Waals surface area contributed by atoms with Gasteiger partial charge in [0.2, 0.25) is 0 Å². The molecule has 0 atom stereocenters. The van der Waals surface area contributed by atoms with Crippen molar-refractivity contribution in [3.8, 4) is 17.1 Å². The van der Waals surface area contributed by atoms with Crippen LogP contribution in [-0.4, -0.2) is 91.3 Å². The minimum Gasteiger partial charge on any atom is -0.462 e. The fraction of sp³-hybridized carbons (Fsp3) is 0.387. The number of rotatable bonds is 8. The lowest BCUT2D eigenvalue weighted by atomic mass is 10.0. The Bertz CT molecular complexity index is 1430. The third kappa shape index (κ3) is 5.96. The van der Waals surface area contributed by atoms with Gasteiger partial charge in [0.25, 0.3) is 5.91 Å². The lowest BCUT2D eigenvalue weighted by Gasteiger charge is -2.35. The number of ether oxygens (including phenoxy) is 2. The van der Waals surface area contributed by atoms with E-state index in [2.05, 4.69) is 34.9 Å². The molecule has 2 aliphatic heterocycles. The van der Waals surface area contributed by atoms with Gasteiger partial charge >= 0.3 is 6.01 Å². The van der Waals surface area contributed by atoms with Crippen molar-refractivity contribution in [1.29, 1.82) is 0 Å². The van der Waals surface area contributed by atoms with Crippen LogP contribution in [0.3, 0.4) is 0 Å². The molecule has 0 bridgehead atoms. The van der Waals surface area contributed by atoms with Crippen molar-refractivity contribution in [3.05, 3.63) is 71.1 Å². The van der Waals surface area contributed by atoms with Gasteiger partial charge in [-0.1, -0.05) is 49.4 Å². The molecule has 2 aromatic carbocycles. The Morgan fingerprint density at radius 3 is 2.38 bits per heavy atom. The molecular weight excluding hydrogens is 522 g/mol. The minimum absolute atomic E-state index is 0.0723. The first kappa shape index (κ1) is 26.7. The molecule has 0 radical (unpaired) electrons. The molecule has 0 saturated carbocycles. The van der Waals surface area contributed by atoms with E-state index < -0.39 is 0 Å². The van der Waals surface area contributed by atoms with Crippen molar-refractivity contribution >= 4 is 33.3 Å². The van der Waals surface area contributed by atoms with E-state index in [0.717, 1.165) is 72.0 Å². The van der Waals surface area contributed by atoms with E-state index in [0.29, 0.717) is 38.8 Å². The molecule has 208 valence electrons. The molecule has 0 N–H and O–H groups in total. The van der Waals surface area contributed by atoms with Gasteiger partial charge in [-0.15, -0.1) is 11.3 Å². The van der Waals surface area contributed by atoms with E-state index in [1.165, 1.54) is 4.88 Å². The molecule has 2 fully saturated rings. The molecule has 4 heterocycles. The summed E-state index contributed by atoms with van der Waals surface area (Å²) in [5.74, 6) is 0.977. The third-order valence-electron chi connectivity index (χ3n) is 7.60. The number of benzene rings is 2. The third-order valence-corrected chi connectivity index (χ3v) is 8.77. The number of carbonyl (C=O) groups excluding carboxylic acids is 1. The Morgan fingerprint density at radius 1 is 0.925 bits per heavy atom. The topological polar surface area (TPSA) is 71.0 Å². The number of hydrogen-bond donors (Lipinski definition) is 0. The molecule has 40 heavy (non-hydrogen) atoms. The molecule has 6 rings (SSSR count). The van der Waals surface area contributed by atoms with E-state index >= 15 is 0 Å². The van der Waals surface area contributed by atoms with Gasteiger partial charge in [0.1, 0.15) is 17.3 Å². The monoisotopic (exact) mass is 557 g/mol. The molecule has 1 amide bonds. The number of amides is 1. The Hall–Kier alpha value is -3.53. The highest BCUT2D eigenvalue weighted by molar-refractivity contribution is 7.18. The maximum absolute atomic E-state index is 13.3. The van der Waals surface area contributed by atoms with Crippen LogP contribution in [0, 0.1) is 0 Å². The second-order valence-corrected chi connectivity index (χ2v) is 11.3. The first-order valence-corrected chi connectivity index (χ1v) is 14.9. The number of nitrogens with zero attached hydrogens (tertiary/aromatic N) is 5. The second kappa shape index (κ2) is 12.3. The zero-order chi connectivity index (χ0) is 27.3. The second-order valence-electron chi connectivity index (χ2n) is 10.1. The number of hydrogen-bond acceptors (Lipinski definition) is 8. The Balaban J connectivity index is 1.12. The van der Waals surface area contributed by atoms with E-state index in [9.17, 15) is 4.79 Å². The quantitative estimate of drug-likeness (QED) is 0.314. The van der Waals surface area contributed by atoms with Gasteiger partial charge in [0.15, 0.2) is 0 Å². The highest BCUT2D eigenvalue weighted by atomic mass is 32.1. The van der Waals surface area contributed by atoms with Crippen molar-refractivity contribution < 1.29 is 14.3 Å². The summed E-state index contributed by atoms with van der Waals surface area (Å²) in [6.07, 6.45) is 0.957. The molecule has 8 nitrogen and oxygen atoms in total. The summed E-state index contributed by atoms with van der Waals surface area (Å²) in [7, 11) is 0. The molecule has 9 heteroatoms. The summed E-state index contributed by atoms with van der Waals surface area (Å²) in [6.45, 7) is 9.65. The highest BCUT2D eigenvalue weighted by Gasteiger charge is 2.25. The predicted molar refractivity (Wildman–Crippen MR) is 160 cm³/mol. The number of piperazine rings is 1. The first-order valence-electron chi connectivity index (χ1n) is 14.1. The molecule has 4 aromatic rings. The summed E-state index contributed by atoms with van der Waals surface area (Å²) in [5.41, 5.74) is 2.98. The van der Waals surface area contributed by atoms with Gasteiger partial charge in [-0.05, 0) is 35.7 Å². The average Bonchev–Trinajstić information content (AvgIpc) is 3.45. The largest absolute Gasteiger partial charge is 0.462 e. The van der Waals surface area contributed by atoms with Crippen LogP contribution in [0.4, 0.5) is 5.82 Å². The van der Waals surface area contributed by atoms with Crippen LogP contribution < -0.4 is 9.64 Å². The van der Waals surface area contributed by atoms with E-state index in [-0.39, 0.29) is 5.91 Å². The zero-order valence-corrected chi connectivity index (χ0v) is 23.7. The van der Waals surface area contributed by atoms with E-state index in [1.54, 1.807) is 11.3 Å². The maximum atomic E-state index is 13.3. The SMILES string of the molecule is CCc1cc2c(N3CCN(C(=O)c4ccc(-c5ccccc5)cc4)CC3)nc(OCCN3CCOCC3)nc2s1. The zero-order valence-electron chi connectivity index (χ0n) is 22.9. The van der Waals surface area contributed by atoms with Gasteiger partial charge in [0, 0.05) is 56.3 Å². The van der Waals surface area contributed by atoms with Crippen LogP contribution >= 0.6 is 11.3 Å². The molecule has 2 saturated heterocycles. The van der Waals surface area contributed by atoms with Crippen LogP contribution in [0.2, 0.25) is 0 Å². The van der Waals surface area contributed by atoms with Gasteiger partial charge < -0.3 is 19.3 Å². The van der Waals surface area contributed by atoms with Gasteiger partial charge in [-0.25, -0.2) is 0 Å². The van der Waals surface area contributed by atoms with E-state index in [1.807, 2.05) is 47.4 Å². The standard InChI is InChI=1S/C31H35N5O3S/c1-2-26-22-27-28(32-31(33-29(27)40-26)39-21-18-34-16-19-38-20-17-34)35-12-14-36(15-13-35)30(37)25-10-8-24(9-11-25)23-6-4-3-5-7-23/h3-11,22H,2,12-21H2,1H3. The normalized spacial score (nSPS) is 16.4. The lowest BCUT2D eigenvalue weighted by Crippen LogP contribution is -2.49. The van der Waals surface area contributed by atoms with Crippen LogP contribution in [0.15, 0.2) is 60.7 Å². The minimum atomic E-state index is 0.0723. The fourth-order valence-electron chi connectivity index (χ4n) is 5.25. The molecule has 2 aromatic heterocycles. The van der Waals surface area contributed by atoms with Crippen molar-refractivity contribution in [2.75, 3.05) is 70.5 Å². The Kier molecular flexibility index (Phi) is 8.22. The summed E-state index contributed by atoms with van der Waals surface area (Å²) in [5, 5.41) is 1.07. The molecular formula is C31H35N5O3S. The maximum Gasteiger partial charge on any atom is 0.319 e. The number of aromatic nitrogens is 2. The van der Waals surface area contributed by atoms with Crippen LogP contribution in [-0.2, 0) is 11.2 Å². The number of fused-ring (bicyclic) bond motifs is 1. The number of anilines is 1. The van der Waals surface area contributed by atoms with Gasteiger partial charge in [-0.3, -0.25) is 9.69 Å².